The SMILES string of the molecule is CC1(C)CCCC(S(=O)(=O)c2ccc(Br)cc2)C1O. The maximum Gasteiger partial charge on any atom is 0.183 e. The third-order valence-electron chi connectivity index (χ3n) is 4.00. The van der Waals surface area contributed by atoms with Crippen molar-refractivity contribution in [2.75, 3.05) is 0 Å². The maximum atomic E-state index is 12.6. The molecule has 1 aromatic carbocycles. The molecule has 1 fully saturated rings. The first-order valence-corrected chi connectivity index (χ1v) is 8.76. The molecule has 0 radical (unpaired) electrons. The van der Waals surface area contributed by atoms with Gasteiger partial charge in [-0.25, -0.2) is 8.42 Å². The molecule has 0 spiro atoms. The van der Waals surface area contributed by atoms with Crippen molar-refractivity contribution in [3.05, 3.63) is 28.7 Å². The molecular weight excluding hydrogens is 328 g/mol. The Hall–Kier alpha value is -0.390. The second kappa shape index (κ2) is 5.19. The van der Waals surface area contributed by atoms with Gasteiger partial charge in [0.05, 0.1) is 16.2 Å². The van der Waals surface area contributed by atoms with Crippen molar-refractivity contribution in [1.29, 1.82) is 0 Å². The van der Waals surface area contributed by atoms with Crippen LogP contribution in [-0.4, -0.2) is 24.9 Å². The monoisotopic (exact) mass is 346 g/mol. The highest BCUT2D eigenvalue weighted by Gasteiger charge is 2.44. The smallest absolute Gasteiger partial charge is 0.183 e. The van der Waals surface area contributed by atoms with Crippen LogP contribution in [0.25, 0.3) is 0 Å². The summed E-state index contributed by atoms with van der Waals surface area (Å²) in [5.74, 6) is 0. The minimum absolute atomic E-state index is 0.289. The molecule has 19 heavy (non-hydrogen) atoms. The van der Waals surface area contributed by atoms with Crippen LogP contribution in [0.1, 0.15) is 33.1 Å². The van der Waals surface area contributed by atoms with Gasteiger partial charge in [-0.1, -0.05) is 36.2 Å². The predicted molar refractivity (Wildman–Crippen MR) is 78.8 cm³/mol. The van der Waals surface area contributed by atoms with Gasteiger partial charge in [0, 0.05) is 4.47 Å². The molecule has 0 amide bonds. The molecule has 0 aromatic heterocycles. The number of halogens is 1. The van der Waals surface area contributed by atoms with Crippen molar-refractivity contribution in [2.24, 2.45) is 5.41 Å². The summed E-state index contributed by atoms with van der Waals surface area (Å²) >= 11 is 3.29. The lowest BCUT2D eigenvalue weighted by molar-refractivity contribution is 0.0167. The largest absolute Gasteiger partial charge is 0.391 e. The molecule has 1 saturated carbocycles. The van der Waals surface area contributed by atoms with Gasteiger partial charge in [-0.2, -0.15) is 0 Å². The average Bonchev–Trinajstić information content (AvgIpc) is 2.33. The summed E-state index contributed by atoms with van der Waals surface area (Å²) in [5, 5.41) is 9.66. The van der Waals surface area contributed by atoms with E-state index in [0.717, 1.165) is 17.3 Å². The maximum absolute atomic E-state index is 12.6. The molecule has 0 heterocycles. The summed E-state index contributed by atoms with van der Waals surface area (Å²) in [6, 6.07) is 6.61. The summed E-state index contributed by atoms with van der Waals surface area (Å²) in [4.78, 5) is 0.289. The van der Waals surface area contributed by atoms with Crippen molar-refractivity contribution in [3.8, 4) is 0 Å². The van der Waals surface area contributed by atoms with E-state index in [1.807, 2.05) is 13.8 Å². The number of aliphatic hydroxyl groups excluding tert-OH is 1. The van der Waals surface area contributed by atoms with Crippen molar-refractivity contribution < 1.29 is 13.5 Å². The minimum atomic E-state index is -3.47. The van der Waals surface area contributed by atoms with Gasteiger partial charge >= 0.3 is 0 Å². The standard InChI is InChI=1S/C14H19BrO3S/c1-14(2)9-3-4-12(13(14)16)19(17,18)11-7-5-10(15)6-8-11/h5-8,12-13,16H,3-4,9H2,1-2H3. The van der Waals surface area contributed by atoms with Gasteiger partial charge in [0.2, 0.25) is 0 Å². The zero-order chi connectivity index (χ0) is 14.3. The molecule has 2 rings (SSSR count). The van der Waals surface area contributed by atoms with Gasteiger partial charge in [0.25, 0.3) is 0 Å². The van der Waals surface area contributed by atoms with Gasteiger partial charge in [-0.15, -0.1) is 0 Å². The molecule has 1 aromatic rings. The van der Waals surface area contributed by atoms with Gasteiger partial charge in [0.15, 0.2) is 9.84 Å². The lowest BCUT2D eigenvalue weighted by Crippen LogP contribution is -2.47. The minimum Gasteiger partial charge on any atom is -0.391 e. The van der Waals surface area contributed by atoms with E-state index >= 15 is 0 Å². The van der Waals surface area contributed by atoms with Crippen LogP contribution < -0.4 is 0 Å². The van der Waals surface area contributed by atoms with E-state index in [1.165, 1.54) is 0 Å². The molecule has 1 aliphatic carbocycles. The van der Waals surface area contributed by atoms with Crippen LogP contribution in [0.5, 0.6) is 0 Å². The number of benzene rings is 1. The third-order valence-corrected chi connectivity index (χ3v) is 6.75. The van der Waals surface area contributed by atoms with Crippen molar-refractivity contribution in [3.63, 3.8) is 0 Å². The van der Waals surface area contributed by atoms with Crippen LogP contribution in [0.15, 0.2) is 33.6 Å². The van der Waals surface area contributed by atoms with Crippen molar-refractivity contribution >= 4 is 25.8 Å². The number of aliphatic hydroxyl groups is 1. The Morgan fingerprint density at radius 3 is 2.42 bits per heavy atom. The van der Waals surface area contributed by atoms with E-state index in [-0.39, 0.29) is 10.3 Å². The summed E-state index contributed by atoms with van der Waals surface area (Å²) in [7, 11) is -3.47. The van der Waals surface area contributed by atoms with Crippen LogP contribution in [0, 0.1) is 5.41 Å². The van der Waals surface area contributed by atoms with Gasteiger partial charge in [-0.05, 0) is 42.5 Å². The van der Waals surface area contributed by atoms with E-state index in [0.29, 0.717) is 6.42 Å². The molecule has 106 valence electrons. The topological polar surface area (TPSA) is 54.4 Å². The van der Waals surface area contributed by atoms with Gasteiger partial charge in [0.1, 0.15) is 0 Å². The highest BCUT2D eigenvalue weighted by atomic mass is 79.9. The van der Waals surface area contributed by atoms with Crippen LogP contribution >= 0.6 is 15.9 Å². The summed E-state index contributed by atoms with van der Waals surface area (Å²) in [5.41, 5.74) is -0.342. The van der Waals surface area contributed by atoms with E-state index in [4.69, 9.17) is 0 Å². The van der Waals surface area contributed by atoms with Crippen molar-refractivity contribution in [2.45, 2.75) is 49.4 Å². The van der Waals surface area contributed by atoms with Crippen LogP contribution in [-0.2, 0) is 9.84 Å². The zero-order valence-corrected chi connectivity index (χ0v) is 13.5. The third kappa shape index (κ3) is 2.88. The summed E-state index contributed by atoms with van der Waals surface area (Å²) in [6.45, 7) is 3.86. The summed E-state index contributed by atoms with van der Waals surface area (Å²) < 4.78 is 26.1. The van der Waals surface area contributed by atoms with Crippen LogP contribution in [0.3, 0.4) is 0 Å². The van der Waals surface area contributed by atoms with Crippen LogP contribution in [0.2, 0.25) is 0 Å². The molecule has 1 N–H and O–H groups in total. The van der Waals surface area contributed by atoms with Gasteiger partial charge < -0.3 is 5.11 Å². The molecule has 2 unspecified atom stereocenters. The van der Waals surface area contributed by atoms with Gasteiger partial charge in [-0.3, -0.25) is 0 Å². The molecule has 5 heteroatoms. The van der Waals surface area contributed by atoms with E-state index < -0.39 is 21.2 Å². The van der Waals surface area contributed by atoms with Crippen LogP contribution in [0.4, 0.5) is 0 Å². The Labute approximate surface area is 123 Å². The number of hydrogen-bond acceptors (Lipinski definition) is 3. The second-order valence-corrected chi connectivity index (χ2v) is 8.95. The lowest BCUT2D eigenvalue weighted by Gasteiger charge is -2.40. The van der Waals surface area contributed by atoms with E-state index in [9.17, 15) is 13.5 Å². The Morgan fingerprint density at radius 2 is 1.84 bits per heavy atom. The Morgan fingerprint density at radius 1 is 1.26 bits per heavy atom. The fraction of sp³-hybridized carbons (Fsp3) is 0.571. The highest BCUT2D eigenvalue weighted by Crippen LogP contribution is 2.40. The number of hydrogen-bond donors (Lipinski definition) is 1. The quantitative estimate of drug-likeness (QED) is 0.894. The highest BCUT2D eigenvalue weighted by molar-refractivity contribution is 9.10. The molecule has 0 aliphatic heterocycles. The zero-order valence-electron chi connectivity index (χ0n) is 11.1. The lowest BCUT2D eigenvalue weighted by atomic mass is 9.75. The first kappa shape index (κ1) is 15.0. The summed E-state index contributed by atoms with van der Waals surface area (Å²) in [6.07, 6.45) is 1.42. The Kier molecular flexibility index (Phi) is 4.10. The number of rotatable bonds is 2. The first-order chi connectivity index (χ1) is 8.75. The molecular formula is C14H19BrO3S. The molecule has 1 aliphatic rings. The fourth-order valence-electron chi connectivity index (χ4n) is 2.69. The molecule has 2 atom stereocenters. The molecule has 3 nitrogen and oxygen atoms in total. The molecule has 0 saturated heterocycles. The normalized spacial score (nSPS) is 27.2. The fourth-order valence-corrected chi connectivity index (χ4v) is 5.01. The number of sulfone groups is 1. The van der Waals surface area contributed by atoms with E-state index in [2.05, 4.69) is 15.9 Å². The average molecular weight is 347 g/mol. The van der Waals surface area contributed by atoms with Crippen molar-refractivity contribution in [1.82, 2.24) is 0 Å². The van der Waals surface area contributed by atoms with E-state index in [1.54, 1.807) is 24.3 Å². The first-order valence-electron chi connectivity index (χ1n) is 6.43. The Bertz CT molecular complexity index is 549. The Balaban J connectivity index is 2.36. The second-order valence-electron chi connectivity index (χ2n) is 5.86. The molecule has 0 bridgehead atoms. The predicted octanol–water partition coefficient (Wildman–Crippen LogP) is 3.16.